The summed E-state index contributed by atoms with van der Waals surface area (Å²) in [6, 6.07) is 0.379. The molecule has 1 aliphatic carbocycles. The normalized spacial score (nSPS) is 30.7. The molecule has 0 radical (unpaired) electrons. The van der Waals surface area contributed by atoms with Crippen molar-refractivity contribution in [2.75, 3.05) is 19.7 Å². The molecule has 1 saturated heterocycles. The number of carbonyl (C=O) groups is 1. The van der Waals surface area contributed by atoms with Crippen molar-refractivity contribution in [3.05, 3.63) is 0 Å². The Bertz CT molecular complexity index is 307. The molecule has 1 heterocycles. The fourth-order valence-electron chi connectivity index (χ4n) is 4.00. The Morgan fingerprint density at radius 3 is 2.80 bits per heavy atom. The Labute approximate surface area is 122 Å². The van der Waals surface area contributed by atoms with Crippen molar-refractivity contribution in [3.8, 4) is 0 Å². The predicted octanol–water partition coefficient (Wildman–Crippen LogP) is 1.91. The van der Waals surface area contributed by atoms with Gasteiger partial charge in [0.25, 0.3) is 0 Å². The van der Waals surface area contributed by atoms with Crippen LogP contribution in [0.25, 0.3) is 0 Å². The highest BCUT2D eigenvalue weighted by molar-refractivity contribution is 5.79. The zero-order valence-corrected chi connectivity index (χ0v) is 12.6. The second-order valence-electron chi connectivity index (χ2n) is 6.50. The van der Waals surface area contributed by atoms with E-state index in [1.807, 2.05) is 0 Å². The molecule has 1 amide bonds. The summed E-state index contributed by atoms with van der Waals surface area (Å²) in [5.74, 6) is 1.27. The summed E-state index contributed by atoms with van der Waals surface area (Å²) in [6.07, 6.45) is 9.60. The molecule has 3 unspecified atom stereocenters. The predicted molar refractivity (Wildman–Crippen MR) is 80.2 cm³/mol. The Morgan fingerprint density at radius 2 is 2.05 bits per heavy atom. The molecule has 3 N–H and O–H groups in total. The van der Waals surface area contributed by atoms with E-state index in [1.165, 1.54) is 12.8 Å². The molecule has 2 rings (SSSR count). The molecule has 2 fully saturated rings. The van der Waals surface area contributed by atoms with Crippen molar-refractivity contribution in [2.24, 2.45) is 17.6 Å². The number of aliphatic hydroxyl groups is 1. The number of hydrogen-bond donors (Lipinski definition) is 2. The van der Waals surface area contributed by atoms with Crippen molar-refractivity contribution in [1.82, 2.24) is 4.90 Å². The molecule has 2 aliphatic rings. The Kier molecular flexibility index (Phi) is 6.30. The highest BCUT2D eigenvalue weighted by atomic mass is 16.3. The molecule has 0 spiro atoms. The van der Waals surface area contributed by atoms with Crippen molar-refractivity contribution in [3.63, 3.8) is 0 Å². The minimum Gasteiger partial charge on any atom is -0.396 e. The van der Waals surface area contributed by atoms with E-state index < -0.39 is 0 Å². The summed E-state index contributed by atoms with van der Waals surface area (Å²) in [5.41, 5.74) is 5.66. The van der Waals surface area contributed by atoms with Crippen molar-refractivity contribution in [1.29, 1.82) is 0 Å². The fraction of sp³-hybridized carbons (Fsp3) is 0.938. The summed E-state index contributed by atoms with van der Waals surface area (Å²) in [4.78, 5) is 14.9. The van der Waals surface area contributed by atoms with Gasteiger partial charge in [0.2, 0.25) is 5.91 Å². The molecular weight excluding hydrogens is 252 g/mol. The SMILES string of the molecule is NCCC1CCCC(C(=O)N2CCCC2CCCO)C1. The highest BCUT2D eigenvalue weighted by Crippen LogP contribution is 2.34. The first-order valence-corrected chi connectivity index (χ1v) is 8.37. The third kappa shape index (κ3) is 3.95. The minimum atomic E-state index is 0.232. The van der Waals surface area contributed by atoms with Gasteiger partial charge in [-0.25, -0.2) is 0 Å². The number of hydrogen-bond acceptors (Lipinski definition) is 3. The summed E-state index contributed by atoms with van der Waals surface area (Å²) in [7, 11) is 0. The molecule has 1 saturated carbocycles. The number of rotatable bonds is 6. The molecule has 4 heteroatoms. The van der Waals surface area contributed by atoms with Crippen LogP contribution in [0, 0.1) is 11.8 Å². The number of carbonyl (C=O) groups excluding carboxylic acids is 1. The lowest BCUT2D eigenvalue weighted by atomic mass is 9.79. The Balaban J connectivity index is 1.88. The highest BCUT2D eigenvalue weighted by Gasteiger charge is 2.34. The quantitative estimate of drug-likeness (QED) is 0.782. The van der Waals surface area contributed by atoms with Crippen LogP contribution in [-0.4, -0.2) is 41.7 Å². The second-order valence-corrected chi connectivity index (χ2v) is 6.50. The first-order chi connectivity index (χ1) is 9.76. The summed E-state index contributed by atoms with van der Waals surface area (Å²) < 4.78 is 0. The molecule has 0 aromatic rings. The van der Waals surface area contributed by atoms with Gasteiger partial charge in [0.15, 0.2) is 0 Å². The van der Waals surface area contributed by atoms with Gasteiger partial charge in [0.05, 0.1) is 0 Å². The number of aliphatic hydroxyl groups excluding tert-OH is 1. The fourth-order valence-corrected chi connectivity index (χ4v) is 4.00. The van der Waals surface area contributed by atoms with E-state index in [0.717, 1.165) is 58.0 Å². The van der Waals surface area contributed by atoms with E-state index in [1.54, 1.807) is 0 Å². The largest absolute Gasteiger partial charge is 0.396 e. The van der Waals surface area contributed by atoms with Gasteiger partial charge < -0.3 is 15.7 Å². The molecule has 3 atom stereocenters. The van der Waals surface area contributed by atoms with Gasteiger partial charge in [-0.05, 0) is 57.4 Å². The van der Waals surface area contributed by atoms with Gasteiger partial charge in [-0.1, -0.05) is 12.8 Å². The lowest BCUT2D eigenvalue weighted by Gasteiger charge is -2.33. The van der Waals surface area contributed by atoms with Crippen LogP contribution in [0.4, 0.5) is 0 Å². The minimum absolute atomic E-state index is 0.232. The van der Waals surface area contributed by atoms with E-state index in [9.17, 15) is 4.79 Å². The van der Waals surface area contributed by atoms with E-state index in [-0.39, 0.29) is 12.5 Å². The molecule has 1 aliphatic heterocycles. The van der Waals surface area contributed by atoms with Gasteiger partial charge >= 0.3 is 0 Å². The van der Waals surface area contributed by atoms with Gasteiger partial charge in [0, 0.05) is 25.1 Å². The number of nitrogens with two attached hydrogens (primary N) is 1. The summed E-state index contributed by atoms with van der Waals surface area (Å²) in [6.45, 7) is 1.90. The third-order valence-corrected chi connectivity index (χ3v) is 5.06. The van der Waals surface area contributed by atoms with E-state index in [2.05, 4.69) is 4.90 Å². The molecule has 0 aromatic carbocycles. The van der Waals surface area contributed by atoms with Crippen LogP contribution in [-0.2, 0) is 4.79 Å². The zero-order chi connectivity index (χ0) is 14.4. The molecule has 0 aromatic heterocycles. The van der Waals surface area contributed by atoms with Crippen LogP contribution in [0.1, 0.15) is 57.8 Å². The Hall–Kier alpha value is -0.610. The van der Waals surface area contributed by atoms with Gasteiger partial charge in [-0.15, -0.1) is 0 Å². The van der Waals surface area contributed by atoms with Crippen molar-refractivity contribution in [2.45, 2.75) is 63.8 Å². The van der Waals surface area contributed by atoms with Crippen LogP contribution in [0.3, 0.4) is 0 Å². The Morgan fingerprint density at radius 1 is 1.20 bits per heavy atom. The van der Waals surface area contributed by atoms with Crippen molar-refractivity contribution < 1.29 is 9.90 Å². The smallest absolute Gasteiger partial charge is 0.225 e. The van der Waals surface area contributed by atoms with Crippen LogP contribution in [0.5, 0.6) is 0 Å². The van der Waals surface area contributed by atoms with Crippen molar-refractivity contribution >= 4 is 5.91 Å². The first-order valence-electron chi connectivity index (χ1n) is 8.37. The van der Waals surface area contributed by atoms with Crippen LogP contribution in [0.15, 0.2) is 0 Å². The number of amides is 1. The van der Waals surface area contributed by atoms with Crippen LogP contribution < -0.4 is 5.73 Å². The summed E-state index contributed by atoms with van der Waals surface area (Å²) >= 11 is 0. The molecule has 116 valence electrons. The van der Waals surface area contributed by atoms with E-state index in [0.29, 0.717) is 17.9 Å². The first kappa shape index (κ1) is 15.8. The molecule has 20 heavy (non-hydrogen) atoms. The van der Waals surface area contributed by atoms with E-state index >= 15 is 0 Å². The molecule has 4 nitrogen and oxygen atoms in total. The average molecular weight is 282 g/mol. The topological polar surface area (TPSA) is 66.6 Å². The zero-order valence-electron chi connectivity index (χ0n) is 12.6. The van der Waals surface area contributed by atoms with Crippen LogP contribution >= 0.6 is 0 Å². The lowest BCUT2D eigenvalue weighted by Crippen LogP contribution is -2.41. The third-order valence-electron chi connectivity index (χ3n) is 5.06. The maximum absolute atomic E-state index is 12.8. The molecule has 0 bridgehead atoms. The molecular formula is C16H30N2O2. The van der Waals surface area contributed by atoms with Gasteiger partial charge in [-0.3, -0.25) is 4.79 Å². The maximum atomic E-state index is 12.8. The van der Waals surface area contributed by atoms with Crippen LogP contribution in [0.2, 0.25) is 0 Å². The monoisotopic (exact) mass is 282 g/mol. The maximum Gasteiger partial charge on any atom is 0.225 e. The average Bonchev–Trinajstić information content (AvgIpc) is 2.93. The van der Waals surface area contributed by atoms with E-state index in [4.69, 9.17) is 10.8 Å². The summed E-state index contributed by atoms with van der Waals surface area (Å²) in [5, 5.41) is 8.98. The second kappa shape index (κ2) is 7.99. The van der Waals surface area contributed by atoms with Gasteiger partial charge in [0.1, 0.15) is 0 Å². The number of likely N-dealkylation sites (tertiary alicyclic amines) is 1. The standard InChI is InChI=1S/C16H30N2O2/c17-9-8-13-4-1-5-14(12-13)16(20)18-10-2-6-15(18)7-3-11-19/h13-15,19H,1-12,17H2. The lowest BCUT2D eigenvalue weighted by molar-refractivity contribution is -0.138. The number of nitrogens with zero attached hydrogens (tertiary/aromatic N) is 1. The van der Waals surface area contributed by atoms with Gasteiger partial charge in [-0.2, -0.15) is 0 Å².